The van der Waals surface area contributed by atoms with Crippen molar-refractivity contribution in [3.63, 3.8) is 0 Å². The molecule has 1 nitrogen and oxygen atoms in total. The van der Waals surface area contributed by atoms with Crippen LogP contribution in [0.4, 0.5) is 0 Å². The Balaban J connectivity index is 2.20. The van der Waals surface area contributed by atoms with Crippen molar-refractivity contribution in [2.75, 3.05) is 0 Å². The third-order valence-corrected chi connectivity index (χ3v) is 5.99. The Hall–Kier alpha value is -1.67. The Bertz CT molecular complexity index is 1010. The van der Waals surface area contributed by atoms with E-state index in [1.54, 1.807) is 0 Å². The molecule has 1 aromatic carbocycles. The van der Waals surface area contributed by atoms with E-state index in [4.69, 9.17) is 0 Å². The minimum atomic E-state index is 0.143. The van der Waals surface area contributed by atoms with Gasteiger partial charge in [0.25, 0.3) is 0 Å². The number of benzene rings is 1. The Morgan fingerprint density at radius 3 is 2.15 bits per heavy atom. The Morgan fingerprint density at radius 2 is 1.63 bits per heavy atom. The van der Waals surface area contributed by atoms with E-state index < -0.39 is 0 Å². The third kappa shape index (κ3) is 4.43. The van der Waals surface area contributed by atoms with E-state index >= 15 is 0 Å². The summed E-state index contributed by atoms with van der Waals surface area (Å²) >= 11 is 7.50. The lowest BCUT2D eigenvalue weighted by molar-refractivity contribution is 0.514. The van der Waals surface area contributed by atoms with Crippen LogP contribution >= 0.6 is 31.9 Å². The van der Waals surface area contributed by atoms with Gasteiger partial charge in [0, 0.05) is 50.2 Å². The molecule has 0 fully saturated rings. The lowest BCUT2D eigenvalue weighted by atomic mass is 9.77. The van der Waals surface area contributed by atoms with Gasteiger partial charge in [-0.15, -0.1) is 0 Å². The Kier molecular flexibility index (Phi) is 5.76. The maximum atomic E-state index is 3.75. The van der Waals surface area contributed by atoms with Crippen LogP contribution in [0, 0.1) is 11.3 Å². The van der Waals surface area contributed by atoms with Gasteiger partial charge in [-0.3, -0.25) is 0 Å². The second-order valence-electron chi connectivity index (χ2n) is 7.96. The number of allylic oxidation sites excluding steroid dienone is 7. The third-order valence-electron chi connectivity index (χ3n) is 4.74. The van der Waals surface area contributed by atoms with Crippen LogP contribution in [0.3, 0.4) is 0 Å². The Labute approximate surface area is 178 Å². The molecule has 1 aromatic rings. The molecular weight excluding hydrogens is 462 g/mol. The molecule has 0 radical (unpaired) electrons. The normalized spacial score (nSPS) is 16.8. The maximum absolute atomic E-state index is 3.75. The second-order valence-corrected chi connectivity index (χ2v) is 9.67. The number of rotatable bonds is 0. The lowest BCUT2D eigenvalue weighted by Gasteiger charge is -2.21. The van der Waals surface area contributed by atoms with Gasteiger partial charge in [0.1, 0.15) is 0 Å². The number of hydrogen-bond acceptors (Lipinski definition) is 1. The van der Waals surface area contributed by atoms with E-state index in [1.165, 1.54) is 22.6 Å². The van der Waals surface area contributed by atoms with Crippen molar-refractivity contribution in [1.29, 1.82) is 0 Å². The minimum Gasteiger partial charge on any atom is -0.368 e. The largest absolute Gasteiger partial charge is 0.368 e. The quantitative estimate of drug-likeness (QED) is 0.456. The molecule has 0 aromatic heterocycles. The van der Waals surface area contributed by atoms with Gasteiger partial charge in [-0.2, -0.15) is 0 Å². The fourth-order valence-electron chi connectivity index (χ4n) is 3.16. The molecule has 3 rings (SSSR count). The summed E-state index contributed by atoms with van der Waals surface area (Å²) < 4.78 is 2.05. The summed E-state index contributed by atoms with van der Waals surface area (Å²) in [5.41, 5.74) is 8.72. The van der Waals surface area contributed by atoms with Crippen LogP contribution < -0.4 is 15.8 Å². The first-order valence-electron chi connectivity index (χ1n) is 9.01. The summed E-state index contributed by atoms with van der Waals surface area (Å²) in [4.78, 5) is 0. The van der Waals surface area contributed by atoms with Crippen molar-refractivity contribution in [3.05, 3.63) is 90.9 Å². The zero-order valence-electron chi connectivity index (χ0n) is 16.4. The van der Waals surface area contributed by atoms with Gasteiger partial charge < -0.3 is 5.32 Å². The molecule has 1 heterocycles. The molecule has 2 aliphatic rings. The highest BCUT2D eigenvalue weighted by Gasteiger charge is 2.29. The summed E-state index contributed by atoms with van der Waals surface area (Å²) in [6.07, 6.45) is 12.6. The van der Waals surface area contributed by atoms with E-state index in [2.05, 4.69) is 114 Å². The standard InChI is InChI=1S/C24H24Br2N/c1-15-10-19(24(3,4)5)11-16(2)20(15)14-21-22(25)12-18(13-23(21)26)17-6-8-27-9-7-17/h6-13,27H,1-5H3/q+1. The summed E-state index contributed by atoms with van der Waals surface area (Å²) in [5, 5.41) is 5.26. The molecular formula is C24H24Br2N+. The molecule has 0 unspecified atom stereocenters. The first-order valence-corrected chi connectivity index (χ1v) is 10.6. The van der Waals surface area contributed by atoms with Gasteiger partial charge in [-0.25, -0.2) is 0 Å². The molecule has 1 aliphatic heterocycles. The van der Waals surface area contributed by atoms with Crippen LogP contribution in [0.2, 0.25) is 0 Å². The van der Waals surface area contributed by atoms with Crippen molar-refractivity contribution in [1.82, 2.24) is 5.32 Å². The summed E-state index contributed by atoms with van der Waals surface area (Å²) in [6, 6.07) is 4.30. The maximum Gasteiger partial charge on any atom is 0.153 e. The van der Waals surface area contributed by atoms with Crippen molar-refractivity contribution in [2.24, 2.45) is 5.41 Å². The highest BCUT2D eigenvalue weighted by molar-refractivity contribution is 9.11. The summed E-state index contributed by atoms with van der Waals surface area (Å²) in [7, 11) is 0. The summed E-state index contributed by atoms with van der Waals surface area (Å²) in [5.74, 6) is 1.25. The zero-order valence-corrected chi connectivity index (χ0v) is 19.5. The predicted octanol–water partition coefficient (Wildman–Crippen LogP) is 5.83. The van der Waals surface area contributed by atoms with Gasteiger partial charge in [0.15, 0.2) is 5.57 Å². The van der Waals surface area contributed by atoms with Crippen LogP contribution in [0.5, 0.6) is 0 Å². The van der Waals surface area contributed by atoms with Crippen molar-refractivity contribution in [2.45, 2.75) is 34.6 Å². The molecule has 0 saturated carbocycles. The van der Waals surface area contributed by atoms with Gasteiger partial charge in [0.05, 0.1) is 16.7 Å². The van der Waals surface area contributed by atoms with Gasteiger partial charge in [0.2, 0.25) is 0 Å². The smallest absolute Gasteiger partial charge is 0.153 e. The first kappa shape index (κ1) is 20.1. The molecule has 138 valence electrons. The highest BCUT2D eigenvalue weighted by Crippen LogP contribution is 2.36. The minimum absolute atomic E-state index is 0.143. The van der Waals surface area contributed by atoms with Crippen molar-refractivity contribution in [3.8, 4) is 0 Å². The van der Waals surface area contributed by atoms with Crippen molar-refractivity contribution < 1.29 is 0 Å². The molecule has 27 heavy (non-hydrogen) atoms. The van der Waals surface area contributed by atoms with Crippen LogP contribution in [0.25, 0.3) is 11.3 Å². The molecule has 0 saturated heterocycles. The predicted molar refractivity (Wildman–Crippen MR) is 123 cm³/mol. The molecule has 0 amide bonds. The average Bonchev–Trinajstić information content (AvgIpc) is 2.59. The monoisotopic (exact) mass is 484 g/mol. The van der Waals surface area contributed by atoms with E-state index in [0.29, 0.717) is 0 Å². The molecule has 1 N–H and O–H groups in total. The average molecular weight is 486 g/mol. The number of nitrogens with one attached hydrogen (secondary N) is 1. The fourth-order valence-corrected chi connectivity index (χ4v) is 4.54. The molecule has 3 heteroatoms. The van der Waals surface area contributed by atoms with Gasteiger partial charge in [-0.05, 0) is 102 Å². The van der Waals surface area contributed by atoms with Crippen LogP contribution in [0.1, 0.15) is 34.6 Å². The zero-order chi connectivity index (χ0) is 19.8. The highest BCUT2D eigenvalue weighted by atomic mass is 79.9. The number of hydrogen-bond donors (Lipinski definition) is 1. The van der Waals surface area contributed by atoms with E-state index in [1.807, 2.05) is 12.4 Å². The van der Waals surface area contributed by atoms with Gasteiger partial charge >= 0.3 is 0 Å². The molecule has 1 aliphatic carbocycles. The first-order chi connectivity index (χ1) is 12.7. The van der Waals surface area contributed by atoms with Crippen LogP contribution in [-0.2, 0) is 0 Å². The van der Waals surface area contributed by atoms with E-state index in [0.717, 1.165) is 25.0 Å². The topological polar surface area (TPSA) is 12.0 Å². The van der Waals surface area contributed by atoms with E-state index in [9.17, 15) is 0 Å². The molecule has 0 spiro atoms. The fraction of sp³-hybridized carbons (Fsp3) is 0.250. The van der Waals surface area contributed by atoms with Gasteiger partial charge in [-0.1, -0.05) is 0 Å². The molecule has 0 bridgehead atoms. The van der Waals surface area contributed by atoms with Crippen molar-refractivity contribution >= 4 is 43.2 Å². The SMILES string of the molecule is CC1=CC(C(C)(C)C)=C[C+](C)C1=C=c1c(Br)cc(=C2C=CNC=C2)cc1Br. The lowest BCUT2D eigenvalue weighted by Crippen LogP contribution is -2.16. The molecule has 0 atom stereocenters. The summed E-state index contributed by atoms with van der Waals surface area (Å²) in [6.45, 7) is 11.1. The van der Waals surface area contributed by atoms with Crippen LogP contribution in [-0.4, -0.2) is 0 Å². The van der Waals surface area contributed by atoms with E-state index in [-0.39, 0.29) is 5.41 Å². The Morgan fingerprint density at radius 1 is 1.04 bits per heavy atom. The number of halogens is 2. The second kappa shape index (κ2) is 7.75. The van der Waals surface area contributed by atoms with Crippen LogP contribution in [0.15, 0.2) is 74.5 Å². The number of dihydropyridines is 1.